The number of carbonyl (C=O) groups is 1. The fraction of sp³-hybridized carbons (Fsp3) is 0.414. The van der Waals surface area contributed by atoms with E-state index in [9.17, 15) is 28.2 Å². The van der Waals surface area contributed by atoms with Gasteiger partial charge in [-0.25, -0.2) is 4.79 Å². The minimum Gasteiger partial charge on any atom is -0.400 e. The molecule has 8 nitrogen and oxygen atoms in total. The number of aliphatic imine (C=N–C) groups is 1. The van der Waals surface area contributed by atoms with Crippen molar-refractivity contribution in [2.45, 2.75) is 63.8 Å². The molecule has 0 aromatic heterocycles. The molecule has 0 saturated heterocycles. The van der Waals surface area contributed by atoms with Crippen LogP contribution in [0.15, 0.2) is 64.8 Å². The van der Waals surface area contributed by atoms with Gasteiger partial charge in [-0.3, -0.25) is 15.3 Å². The molecule has 0 spiro atoms. The summed E-state index contributed by atoms with van der Waals surface area (Å²) >= 11 is 6.08. The number of hydrogen-bond donors (Lipinski definition) is 5. The molecule has 0 bridgehead atoms. The van der Waals surface area contributed by atoms with Gasteiger partial charge in [0.25, 0.3) is 0 Å². The van der Waals surface area contributed by atoms with Gasteiger partial charge in [0, 0.05) is 41.2 Å². The van der Waals surface area contributed by atoms with Crippen molar-refractivity contribution < 1.29 is 28.2 Å². The highest BCUT2D eigenvalue weighted by molar-refractivity contribution is 6.30. The molecule has 2 unspecified atom stereocenters. The lowest BCUT2D eigenvalue weighted by atomic mass is 9.71. The SMILES string of the molecule is CCc1ccc(C(=N)N(CCC(F)(F)F)C(=O)NC/C(N)=C2/C(=Nc3cccc(Cl)c3)CC(C)(O)CC2(C)O)cc1. The first-order chi connectivity index (χ1) is 19.0. The number of nitrogens with two attached hydrogens (primary N) is 1. The van der Waals surface area contributed by atoms with Gasteiger partial charge in [0.2, 0.25) is 0 Å². The molecule has 222 valence electrons. The molecule has 2 atom stereocenters. The van der Waals surface area contributed by atoms with Gasteiger partial charge < -0.3 is 21.3 Å². The Morgan fingerprint density at radius 1 is 1.20 bits per heavy atom. The number of amides is 2. The average molecular weight is 594 g/mol. The third-order valence-electron chi connectivity index (χ3n) is 6.69. The normalized spacial score (nSPS) is 23.3. The fourth-order valence-corrected chi connectivity index (χ4v) is 5.13. The van der Waals surface area contributed by atoms with Crippen LogP contribution in [0.3, 0.4) is 0 Å². The van der Waals surface area contributed by atoms with Gasteiger partial charge in [0.15, 0.2) is 0 Å². The van der Waals surface area contributed by atoms with Crippen molar-refractivity contribution in [3.8, 4) is 0 Å². The third kappa shape index (κ3) is 8.79. The van der Waals surface area contributed by atoms with Crippen LogP contribution in [-0.2, 0) is 6.42 Å². The zero-order valence-corrected chi connectivity index (χ0v) is 23.9. The molecule has 1 aliphatic rings. The van der Waals surface area contributed by atoms with Crippen LogP contribution in [0.5, 0.6) is 0 Å². The van der Waals surface area contributed by atoms with Gasteiger partial charge in [-0.2, -0.15) is 13.2 Å². The van der Waals surface area contributed by atoms with E-state index in [2.05, 4.69) is 10.3 Å². The van der Waals surface area contributed by atoms with Gasteiger partial charge in [0.05, 0.1) is 35.6 Å². The van der Waals surface area contributed by atoms with Gasteiger partial charge in [-0.15, -0.1) is 0 Å². The predicted octanol–water partition coefficient (Wildman–Crippen LogP) is 5.47. The number of alkyl halides is 3. The Bertz CT molecular complexity index is 1340. The summed E-state index contributed by atoms with van der Waals surface area (Å²) < 4.78 is 39.2. The number of aliphatic hydroxyl groups is 2. The molecule has 41 heavy (non-hydrogen) atoms. The second-order valence-electron chi connectivity index (χ2n) is 10.6. The first-order valence-corrected chi connectivity index (χ1v) is 13.5. The van der Waals surface area contributed by atoms with E-state index in [4.69, 9.17) is 22.7 Å². The number of aryl methyl sites for hydroxylation is 1. The lowest BCUT2D eigenvalue weighted by molar-refractivity contribution is -0.135. The summed E-state index contributed by atoms with van der Waals surface area (Å²) in [4.78, 5) is 18.4. The minimum absolute atomic E-state index is 0.00855. The largest absolute Gasteiger partial charge is 0.400 e. The second-order valence-corrected chi connectivity index (χ2v) is 11.1. The maximum absolute atomic E-state index is 13.1. The molecular weight excluding hydrogens is 559 g/mol. The van der Waals surface area contributed by atoms with E-state index < -0.39 is 42.2 Å². The summed E-state index contributed by atoms with van der Waals surface area (Å²) in [6, 6.07) is 12.3. The summed E-state index contributed by atoms with van der Waals surface area (Å²) in [7, 11) is 0. The Kier molecular flexibility index (Phi) is 9.89. The van der Waals surface area contributed by atoms with Crippen LogP contribution in [0, 0.1) is 5.41 Å². The van der Waals surface area contributed by atoms with Crippen molar-refractivity contribution in [2.24, 2.45) is 10.7 Å². The van der Waals surface area contributed by atoms with Crippen LogP contribution in [-0.4, -0.2) is 63.2 Å². The van der Waals surface area contributed by atoms with E-state index in [0.29, 0.717) is 15.6 Å². The van der Waals surface area contributed by atoms with Crippen LogP contribution >= 0.6 is 11.6 Å². The molecule has 0 radical (unpaired) electrons. The van der Waals surface area contributed by atoms with Gasteiger partial charge in [-0.05, 0) is 44.0 Å². The lowest BCUT2D eigenvalue weighted by Gasteiger charge is -2.41. The Labute approximate surface area is 242 Å². The minimum atomic E-state index is -4.55. The molecule has 12 heteroatoms. The summed E-state index contributed by atoms with van der Waals surface area (Å²) in [5.74, 6) is -0.399. The summed E-state index contributed by atoms with van der Waals surface area (Å²) in [5.41, 5.74) is 5.59. The van der Waals surface area contributed by atoms with Crippen molar-refractivity contribution in [2.75, 3.05) is 13.1 Å². The van der Waals surface area contributed by atoms with Gasteiger partial charge in [0.1, 0.15) is 5.84 Å². The van der Waals surface area contributed by atoms with Crippen LogP contribution < -0.4 is 11.1 Å². The van der Waals surface area contributed by atoms with E-state index in [1.54, 1.807) is 55.5 Å². The van der Waals surface area contributed by atoms with Crippen molar-refractivity contribution in [3.63, 3.8) is 0 Å². The number of rotatable bonds is 7. The molecular formula is C29H35ClF3N5O3. The fourth-order valence-electron chi connectivity index (χ4n) is 4.94. The Hall–Kier alpha value is -3.41. The number of nitrogens with zero attached hydrogens (tertiary/aromatic N) is 2. The summed E-state index contributed by atoms with van der Waals surface area (Å²) in [5, 5.41) is 33.5. The molecule has 6 N–H and O–H groups in total. The number of amidine groups is 1. The number of urea groups is 1. The number of benzene rings is 2. The molecule has 1 saturated carbocycles. The molecule has 3 rings (SSSR count). The van der Waals surface area contributed by atoms with E-state index in [-0.39, 0.29) is 41.9 Å². The smallest absolute Gasteiger partial charge is 0.390 e. The first-order valence-electron chi connectivity index (χ1n) is 13.1. The second kappa shape index (κ2) is 12.6. The van der Waals surface area contributed by atoms with E-state index >= 15 is 0 Å². The highest BCUT2D eigenvalue weighted by Crippen LogP contribution is 2.39. The molecule has 1 aliphatic carbocycles. The lowest BCUT2D eigenvalue weighted by Crippen LogP contribution is -2.50. The van der Waals surface area contributed by atoms with Crippen LogP contribution in [0.1, 0.15) is 51.2 Å². The Morgan fingerprint density at radius 3 is 2.44 bits per heavy atom. The van der Waals surface area contributed by atoms with Crippen LogP contribution in [0.25, 0.3) is 0 Å². The molecule has 2 aromatic carbocycles. The van der Waals surface area contributed by atoms with Crippen molar-refractivity contribution in [3.05, 3.63) is 76.0 Å². The van der Waals surface area contributed by atoms with Crippen molar-refractivity contribution in [1.82, 2.24) is 10.2 Å². The molecule has 0 aliphatic heterocycles. The standard InChI is InChI=1S/C29H35ClF3N5O3/c1-4-18-8-10-19(11-9-18)25(35)38(13-12-29(31,32)33)26(39)36-16-22(34)24-23(15-27(2,40)17-28(24,3)41)37-21-7-5-6-20(30)14-21/h5-11,14,35,40-41H,4,12-13,15-17,34H2,1-3H3,(H,36,39)/b24-22+,35-25?,37-23?. The highest BCUT2D eigenvalue weighted by Gasteiger charge is 2.45. The summed E-state index contributed by atoms with van der Waals surface area (Å²) in [6.07, 6.45) is -5.16. The topological polar surface area (TPSA) is 135 Å². The van der Waals surface area contributed by atoms with Gasteiger partial charge >= 0.3 is 12.2 Å². The molecule has 0 heterocycles. The molecule has 1 fully saturated rings. The Morgan fingerprint density at radius 2 is 1.85 bits per heavy atom. The number of nitrogens with one attached hydrogen (secondary N) is 2. The van der Waals surface area contributed by atoms with Crippen molar-refractivity contribution >= 4 is 34.9 Å². The molecule has 2 aromatic rings. The highest BCUT2D eigenvalue weighted by atomic mass is 35.5. The zero-order chi connectivity index (χ0) is 30.6. The zero-order valence-electron chi connectivity index (χ0n) is 23.1. The van der Waals surface area contributed by atoms with Crippen LogP contribution in [0.2, 0.25) is 5.02 Å². The first kappa shape index (κ1) is 32.1. The maximum Gasteiger partial charge on any atom is 0.390 e. The maximum atomic E-state index is 13.1. The van der Waals surface area contributed by atoms with Crippen LogP contribution in [0.4, 0.5) is 23.7 Å². The predicted molar refractivity (Wildman–Crippen MR) is 154 cm³/mol. The molecule has 2 amide bonds. The van der Waals surface area contributed by atoms with E-state index in [1.165, 1.54) is 6.92 Å². The number of hydrogen-bond acceptors (Lipinski definition) is 6. The van der Waals surface area contributed by atoms with E-state index in [1.807, 2.05) is 6.92 Å². The number of carbonyl (C=O) groups excluding carboxylic acids is 1. The average Bonchev–Trinajstić information content (AvgIpc) is 2.85. The quantitative estimate of drug-likeness (QED) is 0.215. The van der Waals surface area contributed by atoms with E-state index in [0.717, 1.165) is 12.0 Å². The van der Waals surface area contributed by atoms with Crippen molar-refractivity contribution in [1.29, 1.82) is 5.41 Å². The summed E-state index contributed by atoms with van der Waals surface area (Å²) in [6.45, 7) is 3.83. The monoisotopic (exact) mass is 593 g/mol. The number of halogens is 4. The van der Waals surface area contributed by atoms with Gasteiger partial charge in [-0.1, -0.05) is 48.9 Å². The Balaban J connectivity index is 1.91. The third-order valence-corrected chi connectivity index (χ3v) is 6.93.